The molecule has 1 amide bonds. The molecule has 3 aromatic rings. The molecule has 0 radical (unpaired) electrons. The number of benzene rings is 2. The van der Waals surface area contributed by atoms with Crippen LogP contribution < -0.4 is 14.4 Å². The van der Waals surface area contributed by atoms with E-state index in [1.165, 1.54) is 0 Å². The van der Waals surface area contributed by atoms with Gasteiger partial charge in [0.15, 0.2) is 11.5 Å². The number of anilines is 1. The first-order valence-corrected chi connectivity index (χ1v) is 12.7. The zero-order valence-corrected chi connectivity index (χ0v) is 21.1. The first kappa shape index (κ1) is 25.9. The molecule has 1 saturated heterocycles. The van der Waals surface area contributed by atoms with Gasteiger partial charge in [0.1, 0.15) is 5.82 Å². The van der Waals surface area contributed by atoms with Gasteiger partial charge in [0.25, 0.3) is 5.82 Å². The second-order valence-electron chi connectivity index (χ2n) is 9.66. The van der Waals surface area contributed by atoms with Crippen LogP contribution in [0.3, 0.4) is 0 Å². The van der Waals surface area contributed by atoms with Gasteiger partial charge in [0.05, 0.1) is 25.7 Å². The second kappa shape index (κ2) is 10.9. The van der Waals surface area contributed by atoms with E-state index in [0.29, 0.717) is 37.6 Å². The number of rotatable bonds is 8. The molecule has 2 fully saturated rings. The van der Waals surface area contributed by atoms with Crippen LogP contribution in [-0.2, 0) is 23.8 Å². The van der Waals surface area contributed by atoms with Gasteiger partial charge in [0, 0.05) is 31.4 Å². The molecule has 38 heavy (non-hydrogen) atoms. The Balaban J connectivity index is 1.34. The van der Waals surface area contributed by atoms with Crippen LogP contribution in [0.1, 0.15) is 36.5 Å². The van der Waals surface area contributed by atoms with Crippen molar-refractivity contribution in [3.05, 3.63) is 65.7 Å². The van der Waals surface area contributed by atoms with Crippen molar-refractivity contribution in [2.45, 2.75) is 50.4 Å². The number of carbonyl (C=O) groups is 1. The van der Waals surface area contributed by atoms with Gasteiger partial charge >= 0.3 is 6.18 Å². The number of alkyl halides is 3. The fraction of sp³-hybridized carbons (Fsp3) is 0.444. The van der Waals surface area contributed by atoms with Crippen LogP contribution in [0.4, 0.5) is 18.9 Å². The molecule has 1 aliphatic heterocycles. The van der Waals surface area contributed by atoms with E-state index in [1.807, 2.05) is 48.5 Å². The van der Waals surface area contributed by atoms with Crippen molar-refractivity contribution in [3.63, 3.8) is 0 Å². The van der Waals surface area contributed by atoms with Crippen LogP contribution in [0.2, 0.25) is 0 Å². The van der Waals surface area contributed by atoms with Crippen LogP contribution in [0.5, 0.6) is 11.5 Å². The molecule has 11 heteroatoms. The largest absolute Gasteiger partial charge is 0.493 e. The van der Waals surface area contributed by atoms with Gasteiger partial charge in [-0.05, 0) is 43.4 Å². The molecular formula is C27H30F3N5O3. The molecule has 1 unspecified atom stereocenters. The number of H-pyrrole nitrogens is 1. The number of nitrogens with one attached hydrogen (secondary N) is 1. The lowest BCUT2D eigenvalue weighted by Gasteiger charge is -2.43. The SMILES string of the molecule is COc1ccc(N2CCN(C(=O)Cc3nc(C(F)(F)F)n[nH]3)C(Cc3ccccc3)C2)cc1OC1CCC1. The Morgan fingerprint density at radius 1 is 1.11 bits per heavy atom. The molecule has 1 atom stereocenters. The minimum atomic E-state index is -4.67. The Bertz CT molecular complexity index is 1250. The van der Waals surface area contributed by atoms with E-state index >= 15 is 0 Å². The van der Waals surface area contributed by atoms with E-state index in [2.05, 4.69) is 20.1 Å². The van der Waals surface area contributed by atoms with Crippen LogP contribution in [0.15, 0.2) is 48.5 Å². The number of amides is 1. The maximum Gasteiger partial charge on any atom is 0.453 e. The quantitative estimate of drug-likeness (QED) is 0.470. The fourth-order valence-electron chi connectivity index (χ4n) is 4.85. The Hall–Kier alpha value is -3.76. The number of aromatic amines is 1. The van der Waals surface area contributed by atoms with Crippen LogP contribution >= 0.6 is 0 Å². The Kier molecular flexibility index (Phi) is 7.44. The van der Waals surface area contributed by atoms with Crippen molar-refractivity contribution < 1.29 is 27.4 Å². The Morgan fingerprint density at radius 2 is 1.89 bits per heavy atom. The van der Waals surface area contributed by atoms with E-state index in [-0.39, 0.29) is 30.3 Å². The number of hydrogen-bond donors (Lipinski definition) is 1. The smallest absolute Gasteiger partial charge is 0.453 e. The molecule has 2 aliphatic rings. The maximum atomic E-state index is 13.3. The van der Waals surface area contributed by atoms with E-state index in [4.69, 9.17) is 9.47 Å². The summed E-state index contributed by atoms with van der Waals surface area (Å²) in [5, 5.41) is 5.47. The monoisotopic (exact) mass is 529 g/mol. The maximum absolute atomic E-state index is 13.3. The summed E-state index contributed by atoms with van der Waals surface area (Å²) in [6.07, 6.45) is -0.917. The number of aromatic nitrogens is 3. The summed E-state index contributed by atoms with van der Waals surface area (Å²) in [6.45, 7) is 1.54. The van der Waals surface area contributed by atoms with Gasteiger partial charge in [-0.2, -0.15) is 13.2 Å². The third-order valence-electron chi connectivity index (χ3n) is 7.08. The zero-order chi connectivity index (χ0) is 26.7. The molecule has 8 nitrogen and oxygen atoms in total. The lowest BCUT2D eigenvalue weighted by Crippen LogP contribution is -2.56. The molecule has 2 heterocycles. The summed E-state index contributed by atoms with van der Waals surface area (Å²) in [7, 11) is 1.62. The van der Waals surface area contributed by atoms with Crippen molar-refractivity contribution >= 4 is 11.6 Å². The molecule has 1 aromatic heterocycles. The normalized spacial score (nSPS) is 18.3. The van der Waals surface area contributed by atoms with Gasteiger partial charge in [-0.1, -0.05) is 30.3 Å². The predicted octanol–water partition coefficient (Wildman–Crippen LogP) is 4.27. The van der Waals surface area contributed by atoms with Gasteiger partial charge < -0.3 is 19.3 Å². The molecule has 2 aromatic carbocycles. The van der Waals surface area contributed by atoms with Crippen LogP contribution in [0, 0.1) is 0 Å². The Labute approximate surface area is 218 Å². The molecule has 1 aliphatic carbocycles. The molecular weight excluding hydrogens is 499 g/mol. The average Bonchev–Trinajstić information content (AvgIpc) is 3.36. The number of methoxy groups -OCH3 is 1. The second-order valence-corrected chi connectivity index (χ2v) is 9.66. The summed E-state index contributed by atoms with van der Waals surface area (Å²) in [6, 6.07) is 15.5. The third-order valence-corrected chi connectivity index (χ3v) is 7.08. The third kappa shape index (κ3) is 5.87. The first-order valence-electron chi connectivity index (χ1n) is 12.7. The predicted molar refractivity (Wildman–Crippen MR) is 134 cm³/mol. The highest BCUT2D eigenvalue weighted by Crippen LogP contribution is 2.36. The summed E-state index contributed by atoms with van der Waals surface area (Å²) in [5.41, 5.74) is 2.04. The molecule has 0 spiro atoms. The number of nitrogens with zero attached hydrogens (tertiary/aromatic N) is 4. The van der Waals surface area contributed by atoms with E-state index in [9.17, 15) is 18.0 Å². The van der Waals surface area contributed by atoms with Crippen molar-refractivity contribution in [1.29, 1.82) is 0 Å². The standard InChI is InChI=1S/C27H30F3N5O3/c1-37-22-11-10-19(15-23(22)38-21-8-5-9-21)34-12-13-35(20(17-34)14-18-6-3-2-4-7-18)25(36)16-24-31-26(33-32-24)27(28,29)30/h2-4,6-7,10-11,15,20-21H,5,8-9,12-14,16-17H2,1H3,(H,31,32,33). The fourth-order valence-corrected chi connectivity index (χ4v) is 4.85. The van der Waals surface area contributed by atoms with E-state index in [1.54, 1.807) is 12.0 Å². The van der Waals surface area contributed by atoms with Gasteiger partial charge in [-0.15, -0.1) is 5.10 Å². The van der Waals surface area contributed by atoms with Crippen molar-refractivity contribution in [2.75, 3.05) is 31.6 Å². The topological polar surface area (TPSA) is 83.6 Å². The van der Waals surface area contributed by atoms with Crippen LogP contribution in [0.25, 0.3) is 0 Å². The highest BCUT2D eigenvalue weighted by atomic mass is 19.4. The number of piperazine rings is 1. The lowest BCUT2D eigenvalue weighted by atomic mass is 9.96. The van der Waals surface area contributed by atoms with Crippen molar-refractivity contribution in [2.24, 2.45) is 0 Å². The first-order chi connectivity index (χ1) is 18.3. The average molecular weight is 530 g/mol. The number of hydrogen-bond acceptors (Lipinski definition) is 6. The molecule has 5 rings (SSSR count). The zero-order valence-electron chi connectivity index (χ0n) is 21.1. The summed E-state index contributed by atoms with van der Waals surface area (Å²) >= 11 is 0. The summed E-state index contributed by atoms with van der Waals surface area (Å²) in [5.74, 6) is -0.278. The number of carbonyl (C=O) groups excluding carboxylic acids is 1. The molecule has 202 valence electrons. The summed E-state index contributed by atoms with van der Waals surface area (Å²) in [4.78, 5) is 20.7. The van der Waals surface area contributed by atoms with Crippen molar-refractivity contribution in [3.8, 4) is 11.5 Å². The molecule has 1 N–H and O–H groups in total. The number of halogens is 3. The summed E-state index contributed by atoms with van der Waals surface area (Å²) < 4.78 is 50.4. The van der Waals surface area contributed by atoms with Gasteiger partial charge in [0.2, 0.25) is 5.91 Å². The van der Waals surface area contributed by atoms with E-state index in [0.717, 1.165) is 30.5 Å². The number of ether oxygens (including phenoxy) is 2. The highest BCUT2D eigenvalue weighted by Gasteiger charge is 2.37. The Morgan fingerprint density at radius 3 is 2.55 bits per heavy atom. The highest BCUT2D eigenvalue weighted by molar-refractivity contribution is 5.79. The van der Waals surface area contributed by atoms with Crippen LogP contribution in [-0.4, -0.2) is 64.9 Å². The van der Waals surface area contributed by atoms with E-state index < -0.39 is 12.0 Å². The lowest BCUT2D eigenvalue weighted by molar-refractivity contribution is -0.145. The molecule has 0 bridgehead atoms. The molecule has 1 saturated carbocycles. The van der Waals surface area contributed by atoms with Gasteiger partial charge in [-0.3, -0.25) is 9.89 Å². The van der Waals surface area contributed by atoms with Gasteiger partial charge in [-0.25, -0.2) is 4.98 Å². The minimum absolute atomic E-state index is 0.101. The minimum Gasteiger partial charge on any atom is -0.493 e. The van der Waals surface area contributed by atoms with Crippen molar-refractivity contribution in [1.82, 2.24) is 20.1 Å².